The van der Waals surface area contributed by atoms with Crippen LogP contribution in [0.4, 0.5) is 4.39 Å². The molecule has 4 N–H and O–H groups in total. The second kappa shape index (κ2) is 10.2. The van der Waals surface area contributed by atoms with Crippen molar-refractivity contribution < 1.29 is 13.9 Å². The van der Waals surface area contributed by atoms with Gasteiger partial charge in [-0.3, -0.25) is 4.79 Å². The molecule has 30 heavy (non-hydrogen) atoms. The highest BCUT2D eigenvalue weighted by Crippen LogP contribution is 2.38. The van der Waals surface area contributed by atoms with Gasteiger partial charge >= 0.3 is 0 Å². The van der Waals surface area contributed by atoms with Crippen LogP contribution in [0, 0.1) is 11.8 Å². The lowest BCUT2D eigenvalue weighted by Gasteiger charge is -2.41. The highest BCUT2D eigenvalue weighted by molar-refractivity contribution is 5.82. The molecule has 172 valence electrons. The van der Waals surface area contributed by atoms with Crippen molar-refractivity contribution in [2.45, 2.75) is 101 Å². The van der Waals surface area contributed by atoms with E-state index in [0.29, 0.717) is 44.1 Å². The number of amides is 1. The number of nitrogens with one attached hydrogen (secondary N) is 2. The summed E-state index contributed by atoms with van der Waals surface area (Å²) in [6, 6.07) is 0.723. The Labute approximate surface area is 180 Å². The standard InChI is InChI=1S/C23H41FN4O2/c1-15-5-6-20(24)19-14-21(27-22(15)19)23(29)26-16-3-2-4-17(13-16)28-10-7-18(8-11-28)30-12-9-25/h15-22,27H,2-14,25H2,1H3,(H,26,29). The van der Waals surface area contributed by atoms with Gasteiger partial charge in [0.25, 0.3) is 0 Å². The van der Waals surface area contributed by atoms with E-state index in [1.807, 2.05) is 0 Å². The molecule has 0 bridgehead atoms. The Morgan fingerprint density at radius 1 is 1.17 bits per heavy atom. The number of nitrogens with two attached hydrogens (primary N) is 1. The summed E-state index contributed by atoms with van der Waals surface area (Å²) in [5, 5.41) is 6.79. The van der Waals surface area contributed by atoms with Crippen LogP contribution in [0.1, 0.15) is 64.7 Å². The molecule has 2 aliphatic heterocycles. The fourth-order valence-electron chi connectivity index (χ4n) is 6.37. The summed E-state index contributed by atoms with van der Waals surface area (Å²) >= 11 is 0. The summed E-state index contributed by atoms with van der Waals surface area (Å²) in [6.45, 7) is 5.58. The predicted molar refractivity (Wildman–Crippen MR) is 116 cm³/mol. The normalized spacial score (nSPS) is 40.8. The van der Waals surface area contributed by atoms with Gasteiger partial charge in [0.05, 0.1) is 18.8 Å². The lowest BCUT2D eigenvalue weighted by atomic mass is 9.77. The van der Waals surface area contributed by atoms with Crippen LogP contribution >= 0.6 is 0 Å². The van der Waals surface area contributed by atoms with Gasteiger partial charge in [-0.2, -0.15) is 0 Å². The maximum Gasteiger partial charge on any atom is 0.237 e. The predicted octanol–water partition coefficient (Wildman–Crippen LogP) is 1.97. The van der Waals surface area contributed by atoms with E-state index in [0.717, 1.165) is 51.6 Å². The van der Waals surface area contributed by atoms with Crippen LogP contribution in [0.3, 0.4) is 0 Å². The molecule has 7 heteroatoms. The quantitative estimate of drug-likeness (QED) is 0.608. The third-order valence-corrected chi connectivity index (χ3v) is 8.11. The van der Waals surface area contributed by atoms with Crippen molar-refractivity contribution in [3.8, 4) is 0 Å². The third-order valence-electron chi connectivity index (χ3n) is 8.11. The number of piperidine rings is 1. The van der Waals surface area contributed by atoms with E-state index in [-0.39, 0.29) is 30.0 Å². The van der Waals surface area contributed by atoms with Crippen molar-refractivity contribution in [1.82, 2.24) is 15.5 Å². The van der Waals surface area contributed by atoms with Gasteiger partial charge in [-0.1, -0.05) is 6.92 Å². The largest absolute Gasteiger partial charge is 0.377 e. The number of hydrogen-bond acceptors (Lipinski definition) is 5. The van der Waals surface area contributed by atoms with Gasteiger partial charge in [0.15, 0.2) is 0 Å². The number of carbonyl (C=O) groups excluding carboxylic acids is 1. The van der Waals surface area contributed by atoms with E-state index in [4.69, 9.17) is 10.5 Å². The summed E-state index contributed by atoms with van der Waals surface area (Å²) in [6.07, 6.45) is 8.42. The second-order valence-electron chi connectivity index (χ2n) is 10.1. The number of alkyl halides is 1. The van der Waals surface area contributed by atoms with E-state index in [1.54, 1.807) is 0 Å². The molecular weight excluding hydrogens is 383 g/mol. The minimum absolute atomic E-state index is 0.00592. The highest BCUT2D eigenvalue weighted by atomic mass is 19.1. The Balaban J connectivity index is 1.24. The zero-order chi connectivity index (χ0) is 21.1. The summed E-state index contributed by atoms with van der Waals surface area (Å²) in [5.74, 6) is 0.547. The van der Waals surface area contributed by atoms with E-state index in [1.165, 1.54) is 6.42 Å². The smallest absolute Gasteiger partial charge is 0.237 e. The fourth-order valence-corrected chi connectivity index (χ4v) is 6.37. The molecule has 2 saturated heterocycles. The summed E-state index contributed by atoms with van der Waals surface area (Å²) in [5.41, 5.74) is 5.54. The average molecular weight is 425 g/mol. The molecule has 0 aromatic rings. The van der Waals surface area contributed by atoms with Crippen molar-refractivity contribution >= 4 is 5.91 Å². The Bertz CT molecular complexity index is 553. The van der Waals surface area contributed by atoms with Crippen LogP contribution in [-0.4, -0.2) is 73.5 Å². The SMILES string of the molecule is CC1CCC(F)C2CC(C(=O)NC3CCCC(N4CCC(OCCN)CC4)C3)NC12. The molecule has 0 spiro atoms. The summed E-state index contributed by atoms with van der Waals surface area (Å²) < 4.78 is 20.2. The lowest BCUT2D eigenvalue weighted by Crippen LogP contribution is -2.52. The van der Waals surface area contributed by atoms with Gasteiger partial charge in [-0.15, -0.1) is 0 Å². The number of carbonyl (C=O) groups is 1. The molecule has 4 fully saturated rings. The fraction of sp³-hybridized carbons (Fsp3) is 0.957. The van der Waals surface area contributed by atoms with Crippen molar-refractivity contribution in [2.75, 3.05) is 26.2 Å². The number of fused-ring (bicyclic) bond motifs is 1. The number of nitrogens with zero attached hydrogens (tertiary/aromatic N) is 1. The van der Waals surface area contributed by atoms with E-state index < -0.39 is 6.17 Å². The topological polar surface area (TPSA) is 79.6 Å². The monoisotopic (exact) mass is 424 g/mol. The number of hydrogen-bond donors (Lipinski definition) is 3. The molecular formula is C23H41FN4O2. The van der Waals surface area contributed by atoms with Crippen LogP contribution in [0.15, 0.2) is 0 Å². The Morgan fingerprint density at radius 2 is 1.97 bits per heavy atom. The molecule has 7 unspecified atom stereocenters. The van der Waals surface area contributed by atoms with Crippen molar-refractivity contribution in [2.24, 2.45) is 17.6 Å². The average Bonchev–Trinajstić information content (AvgIpc) is 3.23. The van der Waals surface area contributed by atoms with Crippen LogP contribution in [0.5, 0.6) is 0 Å². The van der Waals surface area contributed by atoms with Crippen LogP contribution in [-0.2, 0) is 9.53 Å². The molecule has 0 radical (unpaired) electrons. The number of ether oxygens (including phenoxy) is 1. The first-order valence-corrected chi connectivity index (χ1v) is 12.3. The zero-order valence-electron chi connectivity index (χ0n) is 18.5. The van der Waals surface area contributed by atoms with Crippen LogP contribution in [0.25, 0.3) is 0 Å². The van der Waals surface area contributed by atoms with Crippen molar-refractivity contribution in [1.29, 1.82) is 0 Å². The van der Waals surface area contributed by atoms with Gasteiger partial charge in [-0.25, -0.2) is 4.39 Å². The molecule has 6 nitrogen and oxygen atoms in total. The van der Waals surface area contributed by atoms with Gasteiger partial charge < -0.3 is 26.0 Å². The van der Waals surface area contributed by atoms with Crippen molar-refractivity contribution in [3.05, 3.63) is 0 Å². The van der Waals surface area contributed by atoms with E-state index in [2.05, 4.69) is 22.5 Å². The van der Waals surface area contributed by atoms with Crippen molar-refractivity contribution in [3.63, 3.8) is 0 Å². The molecule has 0 aromatic carbocycles. The van der Waals surface area contributed by atoms with E-state index >= 15 is 0 Å². The minimum atomic E-state index is -0.757. The molecule has 7 atom stereocenters. The summed E-state index contributed by atoms with van der Waals surface area (Å²) in [4.78, 5) is 15.6. The Hall–Kier alpha value is -0.760. The molecule has 4 aliphatic rings. The molecule has 2 aliphatic carbocycles. The maximum atomic E-state index is 14.4. The molecule has 0 aromatic heterocycles. The molecule has 1 amide bonds. The molecule has 4 rings (SSSR count). The molecule has 2 heterocycles. The number of halogens is 1. The second-order valence-corrected chi connectivity index (χ2v) is 10.1. The first-order chi connectivity index (χ1) is 14.5. The van der Waals surface area contributed by atoms with Gasteiger partial charge in [0.1, 0.15) is 6.17 Å². The molecule has 2 saturated carbocycles. The Kier molecular flexibility index (Phi) is 7.66. The van der Waals surface area contributed by atoms with Gasteiger partial charge in [0.2, 0.25) is 5.91 Å². The number of likely N-dealkylation sites (tertiary alicyclic amines) is 1. The highest BCUT2D eigenvalue weighted by Gasteiger charge is 2.46. The number of rotatable bonds is 6. The first-order valence-electron chi connectivity index (χ1n) is 12.3. The summed E-state index contributed by atoms with van der Waals surface area (Å²) in [7, 11) is 0. The zero-order valence-corrected chi connectivity index (χ0v) is 18.5. The lowest BCUT2D eigenvalue weighted by molar-refractivity contribution is -0.124. The van der Waals surface area contributed by atoms with Gasteiger partial charge in [0, 0.05) is 43.7 Å². The van der Waals surface area contributed by atoms with Crippen LogP contribution in [0.2, 0.25) is 0 Å². The third kappa shape index (κ3) is 5.17. The van der Waals surface area contributed by atoms with Crippen LogP contribution < -0.4 is 16.4 Å². The van der Waals surface area contributed by atoms with E-state index in [9.17, 15) is 9.18 Å². The van der Waals surface area contributed by atoms with Gasteiger partial charge in [-0.05, 0) is 63.7 Å². The first kappa shape index (κ1) is 22.4. The minimum Gasteiger partial charge on any atom is -0.377 e. The maximum absolute atomic E-state index is 14.4. The Morgan fingerprint density at radius 3 is 2.70 bits per heavy atom.